The molecule has 4 nitrogen and oxygen atoms in total. The molecule has 1 aromatic rings. The van der Waals surface area contributed by atoms with Crippen molar-refractivity contribution in [2.24, 2.45) is 0 Å². The van der Waals surface area contributed by atoms with Crippen molar-refractivity contribution in [2.45, 2.75) is 51.0 Å². The van der Waals surface area contributed by atoms with Crippen LogP contribution in [-0.4, -0.2) is 26.2 Å². The molecule has 86 valence electrons. The van der Waals surface area contributed by atoms with Gasteiger partial charge in [0, 0.05) is 0 Å². The van der Waals surface area contributed by atoms with Crippen LogP contribution in [0.2, 0.25) is 0 Å². The number of aliphatic hydroxyl groups is 1. The smallest absolute Gasteiger partial charge is 0.0975 e. The Morgan fingerprint density at radius 1 is 1.12 bits per heavy atom. The number of hydrogen-bond acceptors (Lipinski definition) is 3. The van der Waals surface area contributed by atoms with E-state index in [1.165, 1.54) is 12.8 Å². The van der Waals surface area contributed by atoms with E-state index in [1.807, 2.05) is 0 Å². The van der Waals surface area contributed by atoms with Gasteiger partial charge in [0.1, 0.15) is 0 Å². The first-order valence-electron chi connectivity index (χ1n) is 6.18. The van der Waals surface area contributed by atoms with Gasteiger partial charge in [0.25, 0.3) is 0 Å². The van der Waals surface area contributed by atoms with E-state index in [9.17, 15) is 5.11 Å². The number of aliphatic hydroxyl groups excluding tert-OH is 1. The van der Waals surface area contributed by atoms with Gasteiger partial charge in [-0.05, 0) is 44.9 Å². The molecule has 0 radical (unpaired) electrons. The number of nitrogens with zero attached hydrogens (tertiary/aromatic N) is 3. The van der Waals surface area contributed by atoms with Gasteiger partial charge < -0.3 is 5.11 Å². The second-order valence-corrected chi connectivity index (χ2v) is 4.67. The highest BCUT2D eigenvalue weighted by molar-refractivity contribution is 5.48. The molecule has 0 saturated carbocycles. The van der Waals surface area contributed by atoms with E-state index < -0.39 is 0 Å². The maximum atomic E-state index is 9.91. The molecule has 16 heavy (non-hydrogen) atoms. The van der Waals surface area contributed by atoms with Crippen LogP contribution in [0.3, 0.4) is 0 Å². The molecule has 0 saturated heterocycles. The van der Waals surface area contributed by atoms with Gasteiger partial charge in [-0.15, -0.1) is 0 Å². The van der Waals surface area contributed by atoms with Crippen LogP contribution in [0, 0.1) is 0 Å². The van der Waals surface area contributed by atoms with E-state index in [0.717, 1.165) is 49.2 Å². The minimum Gasteiger partial charge on any atom is -0.387 e. The highest BCUT2D eigenvalue weighted by atomic mass is 16.3. The van der Waals surface area contributed by atoms with Crippen molar-refractivity contribution in [3.63, 3.8) is 0 Å². The molecule has 1 atom stereocenters. The minimum absolute atomic E-state index is 0.386. The van der Waals surface area contributed by atoms with Crippen molar-refractivity contribution in [1.29, 1.82) is 0 Å². The predicted molar refractivity (Wildman–Crippen MR) is 60.8 cm³/mol. The van der Waals surface area contributed by atoms with Crippen molar-refractivity contribution in [2.75, 3.05) is 0 Å². The first-order chi connectivity index (χ1) is 7.84. The van der Waals surface area contributed by atoms with Gasteiger partial charge in [-0.3, -0.25) is 0 Å². The molecule has 3 rings (SSSR count). The van der Waals surface area contributed by atoms with Gasteiger partial charge >= 0.3 is 0 Å². The van der Waals surface area contributed by atoms with Gasteiger partial charge in [0.2, 0.25) is 0 Å². The third-order valence-corrected chi connectivity index (χ3v) is 3.45. The highest BCUT2D eigenvalue weighted by Crippen LogP contribution is 2.23. The molecule has 0 aromatic carbocycles. The Morgan fingerprint density at radius 2 is 1.81 bits per heavy atom. The van der Waals surface area contributed by atoms with Gasteiger partial charge in [-0.1, -0.05) is 6.08 Å². The molecule has 0 amide bonds. The monoisotopic (exact) mass is 219 g/mol. The first-order valence-corrected chi connectivity index (χ1v) is 6.18. The summed E-state index contributed by atoms with van der Waals surface area (Å²) in [7, 11) is 0. The predicted octanol–water partition coefficient (Wildman–Crippen LogP) is 1.54. The highest BCUT2D eigenvalue weighted by Gasteiger charge is 2.21. The molecule has 0 aliphatic heterocycles. The molecule has 2 aliphatic rings. The first kappa shape index (κ1) is 10.0. The zero-order chi connectivity index (χ0) is 11.0. The van der Waals surface area contributed by atoms with Crippen LogP contribution in [0.5, 0.6) is 0 Å². The Hall–Kier alpha value is -1.16. The van der Waals surface area contributed by atoms with Gasteiger partial charge in [-0.25, -0.2) is 0 Å². The number of aryl methyl sites for hydroxylation is 2. The van der Waals surface area contributed by atoms with Gasteiger partial charge in [-0.2, -0.15) is 15.0 Å². The minimum atomic E-state index is -0.386. The molecular weight excluding hydrogens is 202 g/mol. The lowest BCUT2D eigenvalue weighted by molar-refractivity contribution is 0.204. The van der Waals surface area contributed by atoms with Crippen LogP contribution in [0.4, 0.5) is 0 Å². The second-order valence-electron chi connectivity index (χ2n) is 4.67. The molecule has 1 aromatic heterocycles. The SMILES string of the molecule is OC1CCCC=C1n1nc2c(n1)CCCC2. The molecule has 2 aliphatic carbocycles. The fraction of sp³-hybridized carbons (Fsp3) is 0.667. The number of allylic oxidation sites excluding steroid dienone is 1. The number of fused-ring (bicyclic) bond motifs is 1. The van der Waals surface area contributed by atoms with Crippen molar-refractivity contribution >= 4 is 5.70 Å². The lowest BCUT2D eigenvalue weighted by Gasteiger charge is -2.17. The van der Waals surface area contributed by atoms with Crippen molar-refractivity contribution in [3.8, 4) is 0 Å². The Bertz CT molecular complexity index is 398. The molecule has 1 N–H and O–H groups in total. The molecule has 0 fully saturated rings. The Balaban J connectivity index is 1.94. The summed E-state index contributed by atoms with van der Waals surface area (Å²) in [6.45, 7) is 0. The fourth-order valence-corrected chi connectivity index (χ4v) is 2.52. The van der Waals surface area contributed by atoms with E-state index in [4.69, 9.17) is 0 Å². The third-order valence-electron chi connectivity index (χ3n) is 3.45. The zero-order valence-corrected chi connectivity index (χ0v) is 9.39. The summed E-state index contributed by atoms with van der Waals surface area (Å²) in [6.07, 6.45) is 9.11. The molecule has 0 bridgehead atoms. The Kier molecular flexibility index (Phi) is 2.52. The van der Waals surface area contributed by atoms with E-state index in [1.54, 1.807) is 4.80 Å². The van der Waals surface area contributed by atoms with Crippen LogP contribution in [0.25, 0.3) is 5.70 Å². The summed E-state index contributed by atoms with van der Waals surface area (Å²) >= 11 is 0. The van der Waals surface area contributed by atoms with Crippen LogP contribution < -0.4 is 0 Å². The summed E-state index contributed by atoms with van der Waals surface area (Å²) in [4.78, 5) is 1.67. The lowest BCUT2D eigenvalue weighted by atomic mass is 10.0. The molecule has 0 spiro atoms. The van der Waals surface area contributed by atoms with Crippen LogP contribution in [-0.2, 0) is 12.8 Å². The molecular formula is C12H17N3O. The maximum Gasteiger partial charge on any atom is 0.0975 e. The van der Waals surface area contributed by atoms with Crippen LogP contribution in [0.1, 0.15) is 43.5 Å². The van der Waals surface area contributed by atoms with Crippen molar-refractivity contribution < 1.29 is 5.11 Å². The maximum absolute atomic E-state index is 9.91. The lowest BCUT2D eigenvalue weighted by Crippen LogP contribution is -2.19. The van der Waals surface area contributed by atoms with E-state index in [-0.39, 0.29) is 6.10 Å². The second kappa shape index (κ2) is 4.01. The summed E-state index contributed by atoms with van der Waals surface area (Å²) in [6, 6.07) is 0. The quantitative estimate of drug-likeness (QED) is 0.779. The fourth-order valence-electron chi connectivity index (χ4n) is 2.52. The third kappa shape index (κ3) is 1.67. The largest absolute Gasteiger partial charge is 0.387 e. The van der Waals surface area contributed by atoms with E-state index in [0.29, 0.717) is 0 Å². The van der Waals surface area contributed by atoms with Crippen LogP contribution in [0.15, 0.2) is 6.08 Å². The zero-order valence-electron chi connectivity index (χ0n) is 9.39. The average Bonchev–Trinajstić information content (AvgIpc) is 2.73. The summed E-state index contributed by atoms with van der Waals surface area (Å²) in [5, 5.41) is 18.9. The summed E-state index contributed by atoms with van der Waals surface area (Å²) in [5.41, 5.74) is 3.13. The molecule has 1 heterocycles. The Labute approximate surface area is 95.0 Å². The van der Waals surface area contributed by atoms with Crippen molar-refractivity contribution in [1.82, 2.24) is 15.0 Å². The standard InChI is InChI=1S/C12H17N3O/c16-12-8-4-3-7-11(12)15-13-9-5-1-2-6-10(9)14-15/h7,12,16H,1-6,8H2. The van der Waals surface area contributed by atoms with Crippen molar-refractivity contribution in [3.05, 3.63) is 17.5 Å². The average molecular weight is 219 g/mol. The normalized spacial score (nSPS) is 25.1. The van der Waals surface area contributed by atoms with Gasteiger partial charge in [0.05, 0.1) is 23.2 Å². The van der Waals surface area contributed by atoms with Crippen LogP contribution >= 0.6 is 0 Å². The van der Waals surface area contributed by atoms with E-state index >= 15 is 0 Å². The van der Waals surface area contributed by atoms with E-state index in [2.05, 4.69) is 16.3 Å². The number of rotatable bonds is 1. The Morgan fingerprint density at radius 3 is 2.44 bits per heavy atom. The topological polar surface area (TPSA) is 50.9 Å². The number of aromatic nitrogens is 3. The number of hydrogen-bond donors (Lipinski definition) is 1. The summed E-state index contributed by atoms with van der Waals surface area (Å²) in [5.74, 6) is 0. The van der Waals surface area contributed by atoms with Gasteiger partial charge in [0.15, 0.2) is 0 Å². The summed E-state index contributed by atoms with van der Waals surface area (Å²) < 4.78 is 0. The molecule has 1 unspecified atom stereocenters. The molecule has 4 heteroatoms.